The fraction of sp³-hybridized carbons (Fsp3) is 0.417. The second kappa shape index (κ2) is 11.7. The molecule has 174 valence electrons. The lowest BCUT2D eigenvalue weighted by Gasteiger charge is -2.27. The van der Waals surface area contributed by atoms with Gasteiger partial charge in [-0.05, 0) is 44.0 Å². The van der Waals surface area contributed by atoms with Crippen LogP contribution in [0.15, 0.2) is 60.7 Å². The maximum Gasteiger partial charge on any atom is 0.416 e. The van der Waals surface area contributed by atoms with Crippen molar-refractivity contribution >= 4 is 11.7 Å². The van der Waals surface area contributed by atoms with Gasteiger partial charge in [-0.2, -0.15) is 13.2 Å². The number of rotatable bonds is 10. The molecule has 2 rings (SSSR count). The first-order valence-corrected chi connectivity index (χ1v) is 10.4. The lowest BCUT2D eigenvalue weighted by atomic mass is 9.99. The molecule has 1 aromatic carbocycles. The number of aliphatic hydroxyl groups excluding tert-OH is 1. The van der Waals surface area contributed by atoms with Crippen LogP contribution in [0.1, 0.15) is 31.7 Å². The minimum atomic E-state index is -4.48. The minimum absolute atomic E-state index is 0.00987. The first-order chi connectivity index (χ1) is 15.1. The highest BCUT2D eigenvalue weighted by Crippen LogP contribution is 2.31. The summed E-state index contributed by atoms with van der Waals surface area (Å²) >= 11 is 0. The number of ether oxygens (including phenoxy) is 1. The zero-order valence-electron chi connectivity index (χ0n) is 18.1. The number of halogens is 3. The Kier molecular flexibility index (Phi) is 9.26. The van der Waals surface area contributed by atoms with Gasteiger partial charge in [-0.25, -0.2) is 0 Å². The van der Waals surface area contributed by atoms with Gasteiger partial charge in [-0.1, -0.05) is 36.4 Å². The number of hydrogen-bond acceptors (Lipinski definition) is 4. The van der Waals surface area contributed by atoms with Crippen molar-refractivity contribution in [3.05, 3.63) is 66.3 Å². The summed E-state index contributed by atoms with van der Waals surface area (Å²) in [6, 6.07) is 3.71. The van der Waals surface area contributed by atoms with Crippen molar-refractivity contribution in [2.75, 3.05) is 13.7 Å². The van der Waals surface area contributed by atoms with Crippen LogP contribution in [-0.4, -0.2) is 47.5 Å². The summed E-state index contributed by atoms with van der Waals surface area (Å²) in [5.41, 5.74) is -0.837. The number of hydrogen-bond donors (Lipinski definition) is 1. The second-order valence-electron chi connectivity index (χ2n) is 7.54. The molecule has 0 fully saturated rings. The Morgan fingerprint density at radius 3 is 2.78 bits per heavy atom. The highest BCUT2D eigenvalue weighted by atomic mass is 19.4. The van der Waals surface area contributed by atoms with Gasteiger partial charge in [0.15, 0.2) is 5.78 Å². The molecule has 0 bridgehead atoms. The predicted molar refractivity (Wildman–Crippen MR) is 115 cm³/mol. The number of likely N-dealkylation sites (N-methyl/N-ethyl adjacent to an activating group) is 1. The fourth-order valence-corrected chi connectivity index (χ4v) is 3.34. The van der Waals surface area contributed by atoms with E-state index in [4.69, 9.17) is 4.74 Å². The van der Waals surface area contributed by atoms with Crippen LogP contribution >= 0.6 is 0 Å². The van der Waals surface area contributed by atoms with Crippen LogP contribution in [0.25, 0.3) is 0 Å². The molecular weight excluding hydrogens is 423 g/mol. The highest BCUT2D eigenvalue weighted by molar-refractivity contribution is 5.99. The van der Waals surface area contributed by atoms with Crippen LogP contribution < -0.4 is 4.74 Å². The highest BCUT2D eigenvalue weighted by Gasteiger charge is 2.34. The Balaban J connectivity index is 1.92. The smallest absolute Gasteiger partial charge is 0.416 e. The number of nitrogens with zero attached hydrogens (tertiary/aromatic N) is 1. The average Bonchev–Trinajstić information content (AvgIpc) is 3.13. The van der Waals surface area contributed by atoms with E-state index in [1.807, 2.05) is 19.1 Å². The number of amides is 1. The SMILES string of the molecule is CC=CCCCC(=O)N(C)C1C(=O)C=C[C@@H]1C=C[C@@H](O)COc1cccc(C(F)(F)F)c1. The third-order valence-corrected chi connectivity index (χ3v) is 5.08. The molecule has 1 aromatic rings. The summed E-state index contributed by atoms with van der Waals surface area (Å²) in [6.45, 7) is 1.65. The van der Waals surface area contributed by atoms with Gasteiger partial charge in [0.25, 0.3) is 0 Å². The summed E-state index contributed by atoms with van der Waals surface area (Å²) in [7, 11) is 1.58. The molecule has 1 N–H and O–H groups in total. The average molecular weight is 451 g/mol. The molecule has 5 nitrogen and oxygen atoms in total. The number of unbranched alkanes of at least 4 members (excludes halogenated alkanes) is 1. The number of alkyl halides is 3. The molecule has 1 unspecified atom stereocenters. The van der Waals surface area contributed by atoms with Gasteiger partial charge in [0.05, 0.1) is 5.56 Å². The standard InChI is InChI=1S/C24H28F3NO4/c1-3-4-5-6-10-22(31)28(2)23-17(12-14-21(23)30)11-13-19(29)16-32-20-9-7-8-18(15-20)24(25,26)27/h3-4,7-9,11-15,17,19,23,29H,5-6,10,16H2,1-2H3/t17-,19+,23?/m0/s1. The Hall–Kier alpha value is -2.87. The van der Waals surface area contributed by atoms with Crippen molar-refractivity contribution < 1.29 is 32.6 Å². The molecule has 8 heteroatoms. The van der Waals surface area contributed by atoms with Gasteiger partial charge in [0.2, 0.25) is 5.91 Å². The molecule has 0 saturated carbocycles. The topological polar surface area (TPSA) is 66.8 Å². The number of carbonyl (C=O) groups is 2. The lowest BCUT2D eigenvalue weighted by Crippen LogP contribution is -2.43. The zero-order valence-corrected chi connectivity index (χ0v) is 18.1. The number of carbonyl (C=O) groups excluding carboxylic acids is 2. The fourth-order valence-electron chi connectivity index (χ4n) is 3.34. The van der Waals surface area contributed by atoms with E-state index in [-0.39, 0.29) is 24.0 Å². The van der Waals surface area contributed by atoms with E-state index in [0.717, 1.165) is 18.6 Å². The monoisotopic (exact) mass is 451 g/mol. The van der Waals surface area contributed by atoms with E-state index in [1.165, 1.54) is 29.2 Å². The van der Waals surface area contributed by atoms with E-state index in [2.05, 4.69) is 0 Å². The molecule has 0 saturated heterocycles. The first-order valence-electron chi connectivity index (χ1n) is 10.4. The van der Waals surface area contributed by atoms with Crippen LogP contribution in [0.2, 0.25) is 0 Å². The maximum absolute atomic E-state index is 12.8. The summed E-state index contributed by atoms with van der Waals surface area (Å²) in [6.07, 6.45) is 6.21. The number of allylic oxidation sites excluding steroid dienone is 2. The van der Waals surface area contributed by atoms with Crippen molar-refractivity contribution in [3.63, 3.8) is 0 Å². The van der Waals surface area contributed by atoms with Crippen molar-refractivity contribution in [1.82, 2.24) is 4.90 Å². The first kappa shape index (κ1) is 25.4. The molecule has 0 aromatic heterocycles. The maximum atomic E-state index is 12.8. The Bertz CT molecular complexity index is 876. The zero-order chi connectivity index (χ0) is 23.7. The van der Waals surface area contributed by atoms with Gasteiger partial charge in [0, 0.05) is 19.4 Å². The van der Waals surface area contributed by atoms with E-state index < -0.39 is 29.8 Å². The van der Waals surface area contributed by atoms with Crippen LogP contribution in [0.4, 0.5) is 13.2 Å². The molecule has 3 atom stereocenters. The second-order valence-corrected chi connectivity index (χ2v) is 7.54. The molecule has 0 radical (unpaired) electrons. The Morgan fingerprint density at radius 2 is 2.09 bits per heavy atom. The van der Waals surface area contributed by atoms with Crippen molar-refractivity contribution in [3.8, 4) is 5.75 Å². The molecule has 1 aliphatic carbocycles. The summed E-state index contributed by atoms with van der Waals surface area (Å²) < 4.78 is 43.6. The van der Waals surface area contributed by atoms with Crippen molar-refractivity contribution in [2.24, 2.45) is 5.92 Å². The van der Waals surface area contributed by atoms with Gasteiger partial charge in [0.1, 0.15) is 24.5 Å². The van der Waals surface area contributed by atoms with Crippen molar-refractivity contribution in [2.45, 2.75) is 44.5 Å². The van der Waals surface area contributed by atoms with Crippen molar-refractivity contribution in [1.29, 1.82) is 0 Å². The molecule has 32 heavy (non-hydrogen) atoms. The van der Waals surface area contributed by atoms with Crippen LogP contribution in [0.3, 0.4) is 0 Å². The molecule has 0 heterocycles. The lowest BCUT2D eigenvalue weighted by molar-refractivity contribution is -0.137. The number of aliphatic hydroxyl groups is 1. The van der Waals surface area contributed by atoms with E-state index in [0.29, 0.717) is 12.8 Å². The Labute approximate surface area is 185 Å². The molecule has 0 spiro atoms. The molecule has 1 aliphatic rings. The predicted octanol–water partition coefficient (Wildman–Crippen LogP) is 4.33. The van der Waals surface area contributed by atoms with E-state index in [9.17, 15) is 27.9 Å². The van der Waals surface area contributed by atoms with Gasteiger partial charge in [-0.3, -0.25) is 9.59 Å². The molecule has 1 amide bonds. The third-order valence-electron chi connectivity index (χ3n) is 5.08. The van der Waals surface area contributed by atoms with Crippen LogP contribution in [0, 0.1) is 5.92 Å². The normalized spacial score (nSPS) is 19.8. The quantitative estimate of drug-likeness (QED) is 0.425. The summed E-state index contributed by atoms with van der Waals surface area (Å²) in [5.74, 6) is -0.749. The van der Waals surface area contributed by atoms with Crippen LogP contribution in [0.5, 0.6) is 5.75 Å². The van der Waals surface area contributed by atoms with E-state index in [1.54, 1.807) is 19.2 Å². The Morgan fingerprint density at radius 1 is 1.34 bits per heavy atom. The molecular formula is C24H28F3NO4. The third kappa shape index (κ3) is 7.37. The molecule has 0 aliphatic heterocycles. The number of ketones is 1. The van der Waals surface area contributed by atoms with Gasteiger partial charge >= 0.3 is 6.18 Å². The largest absolute Gasteiger partial charge is 0.491 e. The summed E-state index contributed by atoms with van der Waals surface area (Å²) in [4.78, 5) is 26.1. The minimum Gasteiger partial charge on any atom is -0.491 e. The van der Waals surface area contributed by atoms with E-state index >= 15 is 0 Å². The van der Waals surface area contributed by atoms with Crippen LogP contribution in [-0.2, 0) is 15.8 Å². The summed E-state index contributed by atoms with van der Waals surface area (Å²) in [5, 5.41) is 10.1. The van der Waals surface area contributed by atoms with Gasteiger partial charge < -0.3 is 14.7 Å². The van der Waals surface area contributed by atoms with Gasteiger partial charge in [-0.15, -0.1) is 0 Å². The number of benzene rings is 1.